The fraction of sp³-hybridized carbons (Fsp3) is 0.176. The third kappa shape index (κ3) is 3.97. The molecule has 0 radical (unpaired) electrons. The monoisotopic (exact) mass is 342 g/mol. The molecule has 2 N–H and O–H groups in total. The third-order valence-electron chi connectivity index (χ3n) is 3.57. The number of pyridine rings is 1. The molecular weight excluding hydrogens is 324 g/mol. The van der Waals surface area contributed by atoms with E-state index in [1.54, 1.807) is 10.9 Å². The Hall–Kier alpha value is -2.73. The van der Waals surface area contributed by atoms with Gasteiger partial charge in [0.2, 0.25) is 0 Å². The highest BCUT2D eigenvalue weighted by atomic mass is 35.5. The summed E-state index contributed by atoms with van der Waals surface area (Å²) in [5.41, 5.74) is 9.72. The summed E-state index contributed by atoms with van der Waals surface area (Å²) >= 11 is 0. The minimum atomic E-state index is 0. The average molecular weight is 343 g/mol. The van der Waals surface area contributed by atoms with Gasteiger partial charge < -0.3 is 18.1 Å². The highest BCUT2D eigenvalue weighted by molar-refractivity contribution is 5.57. The molecular formula is C17H19ClN6. The maximum Gasteiger partial charge on any atom is 0.173 e. The Morgan fingerprint density at radius 3 is 2.62 bits per heavy atom. The van der Waals surface area contributed by atoms with Crippen molar-refractivity contribution < 1.29 is 17.0 Å². The van der Waals surface area contributed by atoms with Crippen molar-refractivity contribution in [3.05, 3.63) is 66.1 Å². The molecule has 2 heterocycles. The van der Waals surface area contributed by atoms with Gasteiger partial charge in [-0.2, -0.15) is 10.2 Å². The predicted molar refractivity (Wildman–Crippen MR) is 88.7 cm³/mol. The highest BCUT2D eigenvalue weighted by Crippen LogP contribution is 2.25. The van der Waals surface area contributed by atoms with Gasteiger partial charge in [-0.1, -0.05) is 18.2 Å². The summed E-state index contributed by atoms with van der Waals surface area (Å²) in [7, 11) is 1.98. The summed E-state index contributed by atoms with van der Waals surface area (Å²) in [6.45, 7) is 2.59. The Morgan fingerprint density at radius 2 is 1.88 bits per heavy atom. The van der Waals surface area contributed by atoms with E-state index < -0.39 is 0 Å². The lowest BCUT2D eigenvalue weighted by atomic mass is 10.2. The molecule has 0 atom stereocenters. The molecule has 0 unspecified atom stereocenters. The van der Waals surface area contributed by atoms with E-state index in [-0.39, 0.29) is 12.4 Å². The summed E-state index contributed by atoms with van der Waals surface area (Å²) in [5, 5.41) is 12.8. The summed E-state index contributed by atoms with van der Waals surface area (Å²) in [5.74, 6) is 0.508. The van der Waals surface area contributed by atoms with Crippen LogP contribution in [0.25, 0.3) is 0 Å². The number of benzene rings is 1. The summed E-state index contributed by atoms with van der Waals surface area (Å²) < 4.78 is 3.72. The van der Waals surface area contributed by atoms with E-state index in [2.05, 4.69) is 15.3 Å². The van der Waals surface area contributed by atoms with Gasteiger partial charge in [0.25, 0.3) is 0 Å². The number of nitrogens with zero attached hydrogens (tertiary/aromatic N) is 5. The van der Waals surface area contributed by atoms with Crippen molar-refractivity contribution in [1.29, 1.82) is 0 Å². The normalized spacial score (nSPS) is 10.8. The van der Waals surface area contributed by atoms with Crippen LogP contribution >= 0.6 is 0 Å². The smallest absolute Gasteiger partial charge is 0.173 e. The van der Waals surface area contributed by atoms with E-state index in [1.807, 2.05) is 67.3 Å². The second-order valence-corrected chi connectivity index (χ2v) is 5.44. The molecule has 3 rings (SSSR count). The van der Waals surface area contributed by atoms with Crippen molar-refractivity contribution in [3.8, 4) is 0 Å². The van der Waals surface area contributed by atoms with Crippen LogP contribution in [0.1, 0.15) is 11.1 Å². The minimum absolute atomic E-state index is 0. The predicted octanol–water partition coefficient (Wildman–Crippen LogP) is 0.0659. The van der Waals surface area contributed by atoms with Gasteiger partial charge in [-0.25, -0.2) is 9.25 Å². The number of nitrogen functional groups attached to an aromatic ring is 1. The zero-order valence-corrected chi connectivity index (χ0v) is 14.4. The van der Waals surface area contributed by atoms with Crippen LogP contribution < -0.4 is 22.7 Å². The molecule has 0 aliphatic heterocycles. The summed E-state index contributed by atoms with van der Waals surface area (Å²) in [4.78, 5) is 0. The maximum atomic E-state index is 6.13. The Kier molecular flexibility index (Phi) is 5.65. The molecule has 0 bridgehead atoms. The van der Waals surface area contributed by atoms with Crippen LogP contribution in [0, 0.1) is 6.92 Å². The van der Waals surface area contributed by atoms with Gasteiger partial charge in [-0.15, -0.1) is 5.11 Å². The van der Waals surface area contributed by atoms with Gasteiger partial charge >= 0.3 is 0 Å². The molecule has 0 saturated heterocycles. The Morgan fingerprint density at radius 1 is 1.12 bits per heavy atom. The van der Waals surface area contributed by atoms with Crippen molar-refractivity contribution in [2.75, 3.05) is 5.73 Å². The van der Waals surface area contributed by atoms with Crippen LogP contribution in [0.2, 0.25) is 0 Å². The number of aromatic nitrogens is 3. The molecule has 0 aliphatic rings. The first-order valence-corrected chi connectivity index (χ1v) is 7.36. The van der Waals surface area contributed by atoms with Crippen LogP contribution in [0.3, 0.4) is 0 Å². The third-order valence-corrected chi connectivity index (χ3v) is 3.57. The highest BCUT2D eigenvalue weighted by Gasteiger charge is 2.09. The lowest BCUT2D eigenvalue weighted by Crippen LogP contribution is -3.00. The second kappa shape index (κ2) is 7.70. The zero-order valence-electron chi connectivity index (χ0n) is 13.6. The minimum Gasteiger partial charge on any atom is -1.00 e. The number of hydrogen-bond acceptors (Lipinski definition) is 4. The molecule has 124 valence electrons. The quantitative estimate of drug-likeness (QED) is 0.538. The Balaban J connectivity index is 0.00000208. The lowest BCUT2D eigenvalue weighted by molar-refractivity contribution is -0.671. The molecule has 0 amide bonds. The standard InChI is InChI=1S/C17H19N6.ClH/c1-13-6-3-4-8-15(13)20-21-16-10-19-23(17(16)18)12-14-7-5-9-22(2)11-14;/h3-11H,12,18H2,1-2H3;1H/q+1;/p-1. The van der Waals surface area contributed by atoms with E-state index in [1.165, 1.54) is 0 Å². The zero-order chi connectivity index (χ0) is 16.2. The van der Waals surface area contributed by atoms with Crippen molar-refractivity contribution in [2.24, 2.45) is 17.3 Å². The molecule has 0 fully saturated rings. The fourth-order valence-corrected chi connectivity index (χ4v) is 2.29. The van der Waals surface area contributed by atoms with E-state index in [9.17, 15) is 0 Å². The first-order chi connectivity index (χ1) is 11.1. The lowest BCUT2D eigenvalue weighted by Gasteiger charge is -2.03. The molecule has 0 saturated carbocycles. The molecule has 0 aliphatic carbocycles. The van der Waals surface area contributed by atoms with E-state index >= 15 is 0 Å². The fourth-order valence-electron chi connectivity index (χ4n) is 2.29. The summed E-state index contributed by atoms with van der Waals surface area (Å²) in [6.07, 6.45) is 5.66. The largest absolute Gasteiger partial charge is 1.00 e. The average Bonchev–Trinajstić information content (AvgIpc) is 2.87. The van der Waals surface area contributed by atoms with Crippen molar-refractivity contribution in [1.82, 2.24) is 9.78 Å². The van der Waals surface area contributed by atoms with Gasteiger partial charge in [-0.3, -0.25) is 0 Å². The molecule has 2 aromatic heterocycles. The molecule has 0 spiro atoms. The number of hydrogen-bond donors (Lipinski definition) is 1. The number of anilines is 1. The number of nitrogens with two attached hydrogens (primary N) is 1. The number of rotatable bonds is 4. The Labute approximate surface area is 147 Å². The van der Waals surface area contributed by atoms with Gasteiger partial charge in [0.05, 0.1) is 18.4 Å². The first kappa shape index (κ1) is 17.6. The molecule has 24 heavy (non-hydrogen) atoms. The van der Waals surface area contributed by atoms with Crippen molar-refractivity contribution in [3.63, 3.8) is 0 Å². The first-order valence-electron chi connectivity index (χ1n) is 7.36. The Bertz CT molecular complexity index is 856. The molecule has 3 aromatic rings. The van der Waals surface area contributed by atoms with E-state index in [0.717, 1.165) is 16.8 Å². The van der Waals surface area contributed by atoms with E-state index in [4.69, 9.17) is 5.73 Å². The number of azo groups is 1. The van der Waals surface area contributed by atoms with Crippen molar-refractivity contribution >= 4 is 17.2 Å². The molecule has 7 heteroatoms. The van der Waals surface area contributed by atoms with Gasteiger partial charge in [0.1, 0.15) is 18.6 Å². The topological polar surface area (TPSA) is 72.4 Å². The molecule has 6 nitrogen and oxygen atoms in total. The second-order valence-electron chi connectivity index (χ2n) is 5.44. The summed E-state index contributed by atoms with van der Waals surface area (Å²) in [6, 6.07) is 11.9. The number of halogens is 1. The van der Waals surface area contributed by atoms with Gasteiger partial charge in [0, 0.05) is 11.6 Å². The van der Waals surface area contributed by atoms with Crippen LogP contribution in [0.15, 0.2) is 65.2 Å². The number of aryl methyl sites for hydroxylation is 2. The van der Waals surface area contributed by atoms with Gasteiger partial charge in [-0.05, 0) is 24.6 Å². The van der Waals surface area contributed by atoms with Crippen LogP contribution in [-0.2, 0) is 13.6 Å². The molecule has 1 aromatic carbocycles. The maximum absolute atomic E-state index is 6.13. The van der Waals surface area contributed by atoms with Gasteiger partial charge in [0.15, 0.2) is 12.4 Å². The van der Waals surface area contributed by atoms with Crippen LogP contribution in [0.5, 0.6) is 0 Å². The van der Waals surface area contributed by atoms with Crippen LogP contribution in [0.4, 0.5) is 17.2 Å². The van der Waals surface area contributed by atoms with Crippen LogP contribution in [-0.4, -0.2) is 9.78 Å². The van der Waals surface area contributed by atoms with Crippen molar-refractivity contribution in [2.45, 2.75) is 13.5 Å². The van der Waals surface area contributed by atoms with E-state index in [0.29, 0.717) is 18.1 Å². The SMILES string of the molecule is Cc1ccccc1N=Nc1cnn(Cc2ccc[n+](C)c2)c1N.[Cl-].